The van der Waals surface area contributed by atoms with Gasteiger partial charge in [-0.2, -0.15) is 5.26 Å². The average molecular weight is 189 g/mol. The van der Waals surface area contributed by atoms with E-state index in [4.69, 9.17) is 22.6 Å². The molecule has 2 unspecified atom stereocenters. The zero-order chi connectivity index (χ0) is 8.48. The van der Waals surface area contributed by atoms with Crippen LogP contribution < -0.4 is 5.73 Å². The summed E-state index contributed by atoms with van der Waals surface area (Å²) in [7, 11) is 0. The highest BCUT2D eigenvalue weighted by Crippen LogP contribution is 2.41. The molecule has 0 aromatic rings. The maximum atomic E-state index is 10.5. The summed E-state index contributed by atoms with van der Waals surface area (Å²) in [5, 5.41) is 10.4. The quantitative estimate of drug-likeness (QED) is 0.619. The molecule has 0 spiro atoms. The first-order valence-electron chi connectivity index (χ1n) is 2.82. The summed E-state index contributed by atoms with van der Waals surface area (Å²) in [6.07, 6.45) is 0.553. The van der Waals surface area contributed by atoms with Gasteiger partial charge in [0, 0.05) is 5.03 Å². The van der Waals surface area contributed by atoms with Gasteiger partial charge in [0.05, 0.1) is 6.07 Å². The van der Waals surface area contributed by atoms with Gasteiger partial charge in [0.2, 0.25) is 0 Å². The number of rotatable bonds is 1. The molecule has 0 radical (unpaired) electrons. The van der Waals surface area contributed by atoms with Crippen molar-refractivity contribution in [1.82, 2.24) is 0 Å². The summed E-state index contributed by atoms with van der Waals surface area (Å²) in [5.74, 6) is -0.702. The Morgan fingerprint density at radius 3 is 3.00 bits per heavy atom. The third-order valence-corrected chi connectivity index (χ3v) is 2.98. The second-order valence-corrected chi connectivity index (χ2v) is 3.77. The Morgan fingerprint density at radius 1 is 2.00 bits per heavy atom. The molecular formula is C6H5ClN2OS. The van der Waals surface area contributed by atoms with E-state index < -0.39 is 10.8 Å². The van der Waals surface area contributed by atoms with Gasteiger partial charge in [-0.25, -0.2) is 0 Å². The molecule has 2 atom stereocenters. The van der Waals surface area contributed by atoms with Gasteiger partial charge in [-0.15, -0.1) is 11.8 Å². The van der Waals surface area contributed by atoms with E-state index in [0.29, 0.717) is 11.3 Å². The highest BCUT2D eigenvalue weighted by atomic mass is 35.5. The largest absolute Gasteiger partial charge is 0.309 e. The van der Waals surface area contributed by atoms with Gasteiger partial charge in [0.15, 0.2) is 6.29 Å². The molecule has 5 heteroatoms. The number of nitriles is 1. The second-order valence-electron chi connectivity index (χ2n) is 2.15. The van der Waals surface area contributed by atoms with Gasteiger partial charge in [0.1, 0.15) is 10.8 Å². The predicted octanol–water partition coefficient (Wildman–Crippen LogP) is 0.807. The van der Waals surface area contributed by atoms with E-state index in [0.717, 1.165) is 11.8 Å². The molecular weight excluding hydrogens is 184 g/mol. The lowest BCUT2D eigenvalue weighted by Gasteiger charge is -2.18. The molecule has 1 aliphatic rings. The normalized spacial score (nSPS) is 36.1. The van der Waals surface area contributed by atoms with E-state index >= 15 is 0 Å². The molecule has 1 aliphatic heterocycles. The van der Waals surface area contributed by atoms with Crippen LogP contribution in [-0.2, 0) is 4.79 Å². The molecule has 2 N–H and O–H groups in total. The van der Waals surface area contributed by atoms with E-state index in [-0.39, 0.29) is 0 Å². The van der Waals surface area contributed by atoms with Gasteiger partial charge in [-0.05, 0) is 5.41 Å². The first kappa shape index (κ1) is 8.60. The SMILES string of the molecule is N#CC1C(Cl)=CSC1(N)C=O. The molecule has 0 saturated heterocycles. The Labute approximate surface area is 73.2 Å². The number of thioether (sulfide) groups is 1. The lowest BCUT2D eigenvalue weighted by molar-refractivity contribution is -0.110. The molecule has 3 nitrogen and oxygen atoms in total. The fourth-order valence-corrected chi connectivity index (χ4v) is 2.02. The lowest BCUT2D eigenvalue weighted by Crippen LogP contribution is -2.42. The number of nitrogens with two attached hydrogens (primary N) is 1. The molecule has 0 bridgehead atoms. The van der Waals surface area contributed by atoms with Crippen LogP contribution in [0.15, 0.2) is 10.4 Å². The van der Waals surface area contributed by atoms with Crippen LogP contribution in [0.1, 0.15) is 0 Å². The number of aldehydes is 1. The van der Waals surface area contributed by atoms with E-state index in [1.165, 1.54) is 5.41 Å². The van der Waals surface area contributed by atoms with Crippen LogP contribution >= 0.6 is 23.4 Å². The Hall–Kier alpha value is -0.500. The Morgan fingerprint density at radius 2 is 2.64 bits per heavy atom. The zero-order valence-electron chi connectivity index (χ0n) is 5.45. The average Bonchev–Trinajstić information content (AvgIpc) is 2.29. The molecule has 11 heavy (non-hydrogen) atoms. The van der Waals surface area contributed by atoms with Crippen LogP contribution in [-0.4, -0.2) is 11.2 Å². The third kappa shape index (κ3) is 1.27. The predicted molar refractivity (Wildman–Crippen MR) is 43.6 cm³/mol. The van der Waals surface area contributed by atoms with Crippen molar-refractivity contribution in [2.24, 2.45) is 11.7 Å². The summed E-state index contributed by atoms with van der Waals surface area (Å²) >= 11 is 6.70. The van der Waals surface area contributed by atoms with Crippen molar-refractivity contribution in [3.05, 3.63) is 10.4 Å². The topological polar surface area (TPSA) is 66.9 Å². The molecule has 0 amide bonds. The minimum Gasteiger partial charge on any atom is -0.309 e. The molecule has 58 valence electrons. The molecule has 0 aliphatic carbocycles. The minimum absolute atomic E-state index is 0.340. The van der Waals surface area contributed by atoms with Crippen LogP contribution in [0, 0.1) is 17.2 Å². The van der Waals surface area contributed by atoms with Crippen molar-refractivity contribution >= 4 is 29.6 Å². The van der Waals surface area contributed by atoms with E-state index in [2.05, 4.69) is 0 Å². The fourth-order valence-electron chi connectivity index (χ4n) is 0.768. The highest BCUT2D eigenvalue weighted by Gasteiger charge is 2.41. The number of hydrogen-bond donors (Lipinski definition) is 1. The fraction of sp³-hybridized carbons (Fsp3) is 0.333. The van der Waals surface area contributed by atoms with Gasteiger partial charge < -0.3 is 10.5 Å². The molecule has 1 rings (SSSR count). The summed E-state index contributed by atoms with van der Waals surface area (Å²) in [4.78, 5) is 9.28. The van der Waals surface area contributed by atoms with Crippen molar-refractivity contribution in [2.75, 3.05) is 0 Å². The van der Waals surface area contributed by atoms with Crippen molar-refractivity contribution in [3.63, 3.8) is 0 Å². The summed E-state index contributed by atoms with van der Waals surface area (Å²) in [6.45, 7) is 0. The number of halogens is 1. The standard InChI is InChI=1S/C6H5ClN2OS/c7-5-2-11-6(9,3-10)4(5)1-8/h2-4H,9H2. The molecule has 0 saturated carbocycles. The van der Waals surface area contributed by atoms with Crippen LogP contribution in [0.3, 0.4) is 0 Å². The number of carbonyl (C=O) groups excluding carboxylic acids is 1. The second kappa shape index (κ2) is 2.86. The van der Waals surface area contributed by atoms with Gasteiger partial charge in [0.25, 0.3) is 0 Å². The van der Waals surface area contributed by atoms with E-state index in [9.17, 15) is 4.79 Å². The number of carbonyl (C=O) groups is 1. The zero-order valence-corrected chi connectivity index (χ0v) is 7.02. The highest BCUT2D eigenvalue weighted by molar-refractivity contribution is 8.04. The van der Waals surface area contributed by atoms with E-state index in [1.54, 1.807) is 0 Å². The van der Waals surface area contributed by atoms with Crippen LogP contribution in [0.5, 0.6) is 0 Å². The van der Waals surface area contributed by atoms with Crippen molar-refractivity contribution in [1.29, 1.82) is 5.26 Å². The Balaban J connectivity index is 2.94. The van der Waals surface area contributed by atoms with Gasteiger partial charge in [-0.1, -0.05) is 11.6 Å². The van der Waals surface area contributed by atoms with Crippen LogP contribution in [0.25, 0.3) is 0 Å². The summed E-state index contributed by atoms with van der Waals surface area (Å²) in [6, 6.07) is 1.88. The van der Waals surface area contributed by atoms with Crippen molar-refractivity contribution in [3.8, 4) is 6.07 Å². The maximum absolute atomic E-state index is 10.5. The van der Waals surface area contributed by atoms with Gasteiger partial charge in [-0.3, -0.25) is 0 Å². The van der Waals surface area contributed by atoms with Crippen LogP contribution in [0.2, 0.25) is 0 Å². The molecule has 0 fully saturated rings. The smallest absolute Gasteiger partial charge is 0.152 e. The molecule has 0 aromatic heterocycles. The Bertz CT molecular complexity index is 260. The monoisotopic (exact) mass is 188 g/mol. The van der Waals surface area contributed by atoms with Crippen molar-refractivity contribution < 1.29 is 4.79 Å². The minimum atomic E-state index is -1.17. The molecule has 0 aromatic carbocycles. The summed E-state index contributed by atoms with van der Waals surface area (Å²) in [5.41, 5.74) is 5.54. The Kier molecular flexibility index (Phi) is 2.23. The lowest BCUT2D eigenvalue weighted by atomic mass is 10.0. The maximum Gasteiger partial charge on any atom is 0.152 e. The van der Waals surface area contributed by atoms with Gasteiger partial charge >= 0.3 is 0 Å². The number of nitrogens with zero attached hydrogens (tertiary/aromatic N) is 1. The van der Waals surface area contributed by atoms with Crippen molar-refractivity contribution in [2.45, 2.75) is 4.87 Å². The molecule has 1 heterocycles. The summed E-state index contributed by atoms with van der Waals surface area (Å²) < 4.78 is 0. The van der Waals surface area contributed by atoms with Crippen LogP contribution in [0.4, 0.5) is 0 Å². The third-order valence-electron chi connectivity index (χ3n) is 1.42. The van der Waals surface area contributed by atoms with E-state index in [1.807, 2.05) is 6.07 Å². The first-order valence-corrected chi connectivity index (χ1v) is 4.08. The first-order chi connectivity index (χ1) is 5.14. The number of hydrogen-bond acceptors (Lipinski definition) is 4.